The zero-order valence-electron chi connectivity index (χ0n) is 19.2. The highest BCUT2D eigenvalue weighted by atomic mass is 16.5. The summed E-state index contributed by atoms with van der Waals surface area (Å²) in [4.78, 5) is 2.29. The lowest BCUT2D eigenvalue weighted by Crippen LogP contribution is -2.38. The fraction of sp³-hybridized carbons (Fsp3) is 0.444. The maximum atomic E-state index is 10.7. The first-order valence-electron chi connectivity index (χ1n) is 12.2. The van der Waals surface area contributed by atoms with Crippen molar-refractivity contribution in [2.24, 2.45) is 0 Å². The Labute approximate surface area is 196 Å². The van der Waals surface area contributed by atoms with E-state index in [0.29, 0.717) is 19.2 Å². The standard InChI is InChI=1S/C27H34N4O2/c32-23(19-33-24-12-6-7-20(15-24)16-28-22-10-4-5-11-22)17-31-14-13-26-25(18-31)27(30-29-26)21-8-2-1-3-9-21/h1-3,6-9,12,15,22-23,28,32H,4-5,10-11,13-14,16-19H2,(H,29,30). The van der Waals surface area contributed by atoms with Gasteiger partial charge >= 0.3 is 0 Å². The van der Waals surface area contributed by atoms with E-state index in [1.807, 2.05) is 30.3 Å². The Morgan fingerprint density at radius 1 is 1.12 bits per heavy atom. The van der Waals surface area contributed by atoms with Gasteiger partial charge in [-0.3, -0.25) is 10.00 Å². The van der Waals surface area contributed by atoms with Crippen LogP contribution >= 0.6 is 0 Å². The number of aromatic amines is 1. The number of hydrogen-bond donors (Lipinski definition) is 3. The monoisotopic (exact) mass is 446 g/mol. The van der Waals surface area contributed by atoms with Crippen molar-refractivity contribution >= 4 is 0 Å². The normalized spacial score (nSPS) is 17.7. The molecule has 1 unspecified atom stereocenters. The van der Waals surface area contributed by atoms with E-state index in [9.17, 15) is 5.11 Å². The summed E-state index contributed by atoms with van der Waals surface area (Å²) in [6.45, 7) is 3.44. The molecule has 174 valence electrons. The van der Waals surface area contributed by atoms with Crippen molar-refractivity contribution in [2.45, 2.75) is 57.3 Å². The SMILES string of the molecule is OC(COc1cccc(CNC2CCCC2)c1)CN1CCc2[nH]nc(-c3ccccc3)c2C1. The first kappa shape index (κ1) is 22.1. The predicted octanol–water partition coefficient (Wildman–Crippen LogP) is 3.91. The molecule has 2 heterocycles. The molecule has 6 heteroatoms. The summed E-state index contributed by atoms with van der Waals surface area (Å²) in [7, 11) is 0. The average molecular weight is 447 g/mol. The van der Waals surface area contributed by atoms with Gasteiger partial charge in [-0.2, -0.15) is 5.10 Å². The van der Waals surface area contributed by atoms with Crippen LogP contribution in [0.3, 0.4) is 0 Å². The second-order valence-corrected chi connectivity index (χ2v) is 9.35. The number of aromatic nitrogens is 2. The molecular weight excluding hydrogens is 412 g/mol. The van der Waals surface area contributed by atoms with Crippen molar-refractivity contribution in [3.63, 3.8) is 0 Å². The molecule has 33 heavy (non-hydrogen) atoms. The first-order valence-corrected chi connectivity index (χ1v) is 12.2. The minimum atomic E-state index is -0.543. The van der Waals surface area contributed by atoms with Gasteiger partial charge < -0.3 is 15.2 Å². The Morgan fingerprint density at radius 3 is 2.82 bits per heavy atom. The highest BCUT2D eigenvalue weighted by molar-refractivity contribution is 5.64. The predicted molar refractivity (Wildman–Crippen MR) is 130 cm³/mol. The Kier molecular flexibility index (Phi) is 7.05. The van der Waals surface area contributed by atoms with Crippen molar-refractivity contribution in [3.8, 4) is 17.0 Å². The largest absolute Gasteiger partial charge is 0.491 e. The number of aliphatic hydroxyl groups excluding tert-OH is 1. The molecule has 1 atom stereocenters. The molecule has 3 N–H and O–H groups in total. The van der Waals surface area contributed by atoms with Crippen LogP contribution in [0.4, 0.5) is 0 Å². The lowest BCUT2D eigenvalue weighted by Gasteiger charge is -2.29. The van der Waals surface area contributed by atoms with E-state index in [0.717, 1.165) is 43.1 Å². The molecule has 1 aliphatic carbocycles. The summed E-state index contributed by atoms with van der Waals surface area (Å²) >= 11 is 0. The van der Waals surface area contributed by atoms with Gasteiger partial charge in [-0.05, 0) is 30.5 Å². The fourth-order valence-electron chi connectivity index (χ4n) is 5.02. The van der Waals surface area contributed by atoms with E-state index in [1.54, 1.807) is 0 Å². The third kappa shape index (κ3) is 5.64. The van der Waals surface area contributed by atoms with E-state index in [-0.39, 0.29) is 0 Å². The molecule has 5 rings (SSSR count). The van der Waals surface area contributed by atoms with Gasteiger partial charge in [-0.1, -0.05) is 55.3 Å². The minimum absolute atomic E-state index is 0.291. The number of H-pyrrole nitrogens is 1. The van der Waals surface area contributed by atoms with Gasteiger partial charge in [0.15, 0.2) is 0 Å². The van der Waals surface area contributed by atoms with Crippen LogP contribution in [0.5, 0.6) is 5.75 Å². The van der Waals surface area contributed by atoms with Crippen LogP contribution in [0.2, 0.25) is 0 Å². The second kappa shape index (κ2) is 10.5. The number of aliphatic hydroxyl groups is 1. The van der Waals surface area contributed by atoms with Crippen LogP contribution in [0.25, 0.3) is 11.3 Å². The summed E-state index contributed by atoms with van der Waals surface area (Å²) in [6, 6.07) is 19.2. The van der Waals surface area contributed by atoms with Crippen LogP contribution in [0, 0.1) is 0 Å². The van der Waals surface area contributed by atoms with Crippen molar-refractivity contribution in [1.82, 2.24) is 20.4 Å². The van der Waals surface area contributed by atoms with E-state index in [2.05, 4.69) is 44.7 Å². The van der Waals surface area contributed by atoms with E-state index in [4.69, 9.17) is 4.74 Å². The summed E-state index contributed by atoms with van der Waals surface area (Å²) in [5.74, 6) is 0.821. The number of hydrogen-bond acceptors (Lipinski definition) is 5. The molecule has 2 aromatic carbocycles. The third-order valence-corrected chi connectivity index (χ3v) is 6.82. The number of nitrogens with zero attached hydrogens (tertiary/aromatic N) is 2. The van der Waals surface area contributed by atoms with Gasteiger partial charge in [0.1, 0.15) is 18.5 Å². The Morgan fingerprint density at radius 2 is 1.97 bits per heavy atom. The van der Waals surface area contributed by atoms with E-state index < -0.39 is 6.10 Å². The van der Waals surface area contributed by atoms with Crippen LogP contribution < -0.4 is 10.1 Å². The molecule has 2 aliphatic rings. The number of β-amino-alcohol motifs (C(OH)–C–C–N with tert-alkyl or cyclic N) is 1. The number of nitrogens with one attached hydrogen (secondary N) is 2. The van der Waals surface area contributed by atoms with Gasteiger partial charge in [-0.25, -0.2) is 0 Å². The third-order valence-electron chi connectivity index (χ3n) is 6.82. The molecular formula is C27H34N4O2. The van der Waals surface area contributed by atoms with Crippen LogP contribution in [-0.2, 0) is 19.5 Å². The summed E-state index contributed by atoms with van der Waals surface area (Å²) in [6.07, 6.45) is 5.62. The maximum absolute atomic E-state index is 10.7. The second-order valence-electron chi connectivity index (χ2n) is 9.35. The molecule has 3 aromatic rings. The number of ether oxygens (including phenoxy) is 1. The molecule has 6 nitrogen and oxygen atoms in total. The molecule has 1 aliphatic heterocycles. The van der Waals surface area contributed by atoms with Crippen LogP contribution in [-0.4, -0.2) is 52.0 Å². The highest BCUT2D eigenvalue weighted by Crippen LogP contribution is 2.28. The van der Waals surface area contributed by atoms with Gasteiger partial charge in [-0.15, -0.1) is 0 Å². The maximum Gasteiger partial charge on any atom is 0.119 e. The van der Waals surface area contributed by atoms with Crippen molar-refractivity contribution in [2.75, 3.05) is 19.7 Å². The smallest absolute Gasteiger partial charge is 0.119 e. The fourth-order valence-corrected chi connectivity index (χ4v) is 5.02. The lowest BCUT2D eigenvalue weighted by atomic mass is 10.0. The number of benzene rings is 2. The summed E-state index contributed by atoms with van der Waals surface area (Å²) in [5, 5.41) is 22.1. The Hall–Kier alpha value is -2.67. The topological polar surface area (TPSA) is 73.4 Å². The summed E-state index contributed by atoms with van der Waals surface area (Å²) in [5.41, 5.74) is 5.82. The highest BCUT2D eigenvalue weighted by Gasteiger charge is 2.24. The Balaban J connectivity index is 1.12. The lowest BCUT2D eigenvalue weighted by molar-refractivity contribution is 0.0637. The van der Waals surface area contributed by atoms with E-state index in [1.165, 1.54) is 42.5 Å². The number of fused-ring (bicyclic) bond motifs is 1. The summed E-state index contributed by atoms with van der Waals surface area (Å²) < 4.78 is 5.95. The van der Waals surface area contributed by atoms with Gasteiger partial charge in [0.2, 0.25) is 0 Å². The van der Waals surface area contributed by atoms with Crippen molar-refractivity contribution in [1.29, 1.82) is 0 Å². The molecule has 0 spiro atoms. The van der Waals surface area contributed by atoms with Crippen LogP contribution in [0.1, 0.15) is 42.5 Å². The molecule has 0 bridgehead atoms. The van der Waals surface area contributed by atoms with Gasteiger partial charge in [0, 0.05) is 55.5 Å². The van der Waals surface area contributed by atoms with Gasteiger partial charge in [0.25, 0.3) is 0 Å². The molecule has 0 saturated heterocycles. The van der Waals surface area contributed by atoms with Crippen molar-refractivity contribution in [3.05, 3.63) is 71.4 Å². The molecule has 1 aromatic heterocycles. The first-order chi connectivity index (χ1) is 16.2. The zero-order valence-corrected chi connectivity index (χ0v) is 19.2. The van der Waals surface area contributed by atoms with Crippen LogP contribution in [0.15, 0.2) is 54.6 Å². The quantitative estimate of drug-likeness (QED) is 0.465. The molecule has 1 fully saturated rings. The van der Waals surface area contributed by atoms with E-state index >= 15 is 0 Å². The zero-order chi connectivity index (χ0) is 22.5. The number of rotatable bonds is 9. The van der Waals surface area contributed by atoms with Crippen molar-refractivity contribution < 1.29 is 9.84 Å². The molecule has 0 amide bonds. The Bertz CT molecular complexity index is 1030. The molecule has 0 radical (unpaired) electrons. The molecule has 1 saturated carbocycles. The van der Waals surface area contributed by atoms with Gasteiger partial charge in [0.05, 0.1) is 5.69 Å². The minimum Gasteiger partial charge on any atom is -0.491 e. The average Bonchev–Trinajstić information content (AvgIpc) is 3.52.